The number of aliphatic hydroxyl groups excluding tert-OH is 3. The second-order valence-electron chi connectivity index (χ2n) is 13.7. The summed E-state index contributed by atoms with van der Waals surface area (Å²) in [7, 11) is 0. The molecule has 38 heavy (non-hydrogen) atoms. The van der Waals surface area contributed by atoms with Crippen LogP contribution in [-0.2, 0) is 19.0 Å². The van der Waals surface area contributed by atoms with Gasteiger partial charge in [-0.3, -0.25) is 0 Å². The van der Waals surface area contributed by atoms with Crippen molar-refractivity contribution in [1.82, 2.24) is 0 Å². The molecule has 4 saturated carbocycles. The summed E-state index contributed by atoms with van der Waals surface area (Å²) in [6.07, 6.45) is 2.01. The molecular weight excluding hydrogens is 492 g/mol. The predicted molar refractivity (Wildman–Crippen MR) is 134 cm³/mol. The molecule has 0 bridgehead atoms. The van der Waals surface area contributed by atoms with E-state index in [1.54, 1.807) is 13.0 Å². The largest absolute Gasteiger partial charge is 0.458 e. The molecule has 0 radical (unpaired) electrons. The monoisotopic (exact) mass is 536 g/mol. The third-order valence-electron chi connectivity index (χ3n) is 12.2. The number of fused-ring (bicyclic) bond motifs is 5. The summed E-state index contributed by atoms with van der Waals surface area (Å²) in [6.45, 7) is 6.33. The van der Waals surface area contributed by atoms with Crippen molar-refractivity contribution < 1.29 is 44.5 Å². The van der Waals surface area contributed by atoms with Crippen LogP contribution < -0.4 is 0 Å². The maximum absolute atomic E-state index is 12.4. The normalized spacial score (nSPS) is 56.5. The van der Waals surface area contributed by atoms with E-state index in [0.717, 1.165) is 37.7 Å². The summed E-state index contributed by atoms with van der Waals surface area (Å²) >= 11 is 0. The van der Waals surface area contributed by atoms with Gasteiger partial charge in [0.1, 0.15) is 24.9 Å². The van der Waals surface area contributed by atoms with Crippen LogP contribution in [0.15, 0.2) is 11.6 Å². The average molecular weight is 537 g/mol. The van der Waals surface area contributed by atoms with E-state index in [4.69, 9.17) is 14.2 Å². The number of ether oxygens (including phenoxy) is 3. The molecule has 0 unspecified atom stereocenters. The van der Waals surface area contributed by atoms with Gasteiger partial charge in [0.25, 0.3) is 0 Å². The van der Waals surface area contributed by atoms with Crippen LogP contribution >= 0.6 is 0 Å². The van der Waals surface area contributed by atoms with Gasteiger partial charge in [0.15, 0.2) is 6.29 Å². The number of hydrogen-bond donors (Lipinski definition) is 5. The number of cyclic esters (lactones) is 1. The van der Waals surface area contributed by atoms with Gasteiger partial charge in [-0.15, -0.1) is 0 Å². The highest BCUT2D eigenvalue weighted by Gasteiger charge is 2.70. The Morgan fingerprint density at radius 1 is 0.895 bits per heavy atom. The van der Waals surface area contributed by atoms with Gasteiger partial charge in [0.05, 0.1) is 23.4 Å². The summed E-state index contributed by atoms with van der Waals surface area (Å²) in [5.74, 6) is 0.0978. The van der Waals surface area contributed by atoms with Crippen molar-refractivity contribution in [1.29, 1.82) is 0 Å². The van der Waals surface area contributed by atoms with Gasteiger partial charge in [-0.2, -0.15) is 0 Å². The molecule has 9 nitrogen and oxygen atoms in total. The number of carbonyl (C=O) groups excluding carboxylic acids is 1. The van der Waals surface area contributed by atoms with E-state index in [-0.39, 0.29) is 40.7 Å². The first kappa shape index (κ1) is 27.1. The molecule has 9 heteroatoms. The van der Waals surface area contributed by atoms with E-state index in [1.807, 2.05) is 0 Å². The number of hydrogen-bond acceptors (Lipinski definition) is 9. The van der Waals surface area contributed by atoms with Crippen LogP contribution in [0.4, 0.5) is 0 Å². The summed E-state index contributed by atoms with van der Waals surface area (Å²) in [5.41, 5.74) is -1.51. The lowest BCUT2D eigenvalue weighted by molar-refractivity contribution is -0.319. The maximum Gasteiger partial charge on any atom is 0.331 e. The zero-order chi connectivity index (χ0) is 27.3. The fraction of sp³-hybridized carbons (Fsp3) is 0.897. The predicted octanol–water partition coefficient (Wildman–Crippen LogP) is 1.57. The van der Waals surface area contributed by atoms with Crippen molar-refractivity contribution in [3.8, 4) is 0 Å². The van der Waals surface area contributed by atoms with Gasteiger partial charge >= 0.3 is 5.97 Å². The average Bonchev–Trinajstić information content (AvgIpc) is 3.41. The zero-order valence-corrected chi connectivity index (χ0v) is 22.7. The molecule has 4 aliphatic carbocycles. The molecule has 5 fully saturated rings. The quantitative estimate of drug-likeness (QED) is 0.268. The van der Waals surface area contributed by atoms with Gasteiger partial charge in [-0.25, -0.2) is 4.79 Å². The minimum atomic E-state index is -1.36. The van der Waals surface area contributed by atoms with Crippen LogP contribution in [0.2, 0.25) is 0 Å². The van der Waals surface area contributed by atoms with Crippen LogP contribution in [0, 0.1) is 28.6 Å². The second-order valence-corrected chi connectivity index (χ2v) is 13.7. The Labute approximate surface area is 224 Å². The van der Waals surface area contributed by atoms with E-state index in [1.165, 1.54) is 0 Å². The summed E-state index contributed by atoms with van der Waals surface area (Å²) in [4.78, 5) is 11.8. The van der Waals surface area contributed by atoms with Crippen LogP contribution in [0.25, 0.3) is 0 Å². The molecule has 2 aliphatic heterocycles. The van der Waals surface area contributed by atoms with Gasteiger partial charge in [0.2, 0.25) is 0 Å². The second kappa shape index (κ2) is 8.96. The SMILES string of the molecule is C[C@@H]1O[C@@H](O[C@H]2CC[C@]3(C)[C@H]4CC[C@]5(C)[C@H](C6=CC(=O)OC6)CC[C@]5(O)[C@@H]4CC[C@]3(O)C2)[C@H](O)[C@H](O)[C@H]1O. The van der Waals surface area contributed by atoms with Gasteiger partial charge in [-0.1, -0.05) is 13.8 Å². The Balaban J connectivity index is 1.19. The van der Waals surface area contributed by atoms with E-state index in [2.05, 4.69) is 13.8 Å². The first-order valence-corrected chi connectivity index (χ1v) is 14.5. The molecule has 5 N–H and O–H groups in total. The molecule has 0 aromatic heterocycles. The van der Waals surface area contributed by atoms with E-state index < -0.39 is 41.9 Å². The van der Waals surface area contributed by atoms with Crippen LogP contribution in [-0.4, -0.2) is 86.1 Å². The van der Waals surface area contributed by atoms with Crippen LogP contribution in [0.5, 0.6) is 0 Å². The Morgan fingerprint density at radius 3 is 2.32 bits per heavy atom. The first-order chi connectivity index (χ1) is 17.8. The van der Waals surface area contributed by atoms with Crippen LogP contribution in [0.3, 0.4) is 0 Å². The Morgan fingerprint density at radius 2 is 1.61 bits per heavy atom. The molecule has 0 spiro atoms. The van der Waals surface area contributed by atoms with Gasteiger partial charge in [0, 0.05) is 17.9 Å². The summed E-state index contributed by atoms with van der Waals surface area (Å²) < 4.78 is 17.0. The molecule has 214 valence electrons. The highest BCUT2D eigenvalue weighted by atomic mass is 16.7. The van der Waals surface area contributed by atoms with Gasteiger partial charge in [-0.05, 0) is 87.0 Å². The molecular formula is C29H44O9. The Kier molecular flexibility index (Phi) is 6.40. The minimum Gasteiger partial charge on any atom is -0.458 e. The molecule has 6 aliphatic rings. The standard InChI is InChI=1S/C29H44O9/c1-15-22(31)23(32)24(33)25(37-15)38-17-4-8-26(2)19-5-9-27(3)18(16-12-21(30)36-14-16)7-11-29(27,35)20(19)6-10-28(26,34)13-17/h12,15,17-20,22-25,31-35H,4-11,13-14H2,1-3H3/t15-,17-,18-,19-,20+,22-,23+,24+,25-,26+,27+,28-,29-/m0/s1. The van der Waals surface area contributed by atoms with Crippen molar-refractivity contribution in [2.45, 2.75) is 127 Å². The van der Waals surface area contributed by atoms with Crippen molar-refractivity contribution in [3.63, 3.8) is 0 Å². The number of rotatable bonds is 3. The molecule has 0 amide bonds. The zero-order valence-electron chi connectivity index (χ0n) is 22.7. The van der Waals surface area contributed by atoms with Crippen molar-refractivity contribution in [3.05, 3.63) is 11.6 Å². The van der Waals surface area contributed by atoms with Crippen molar-refractivity contribution in [2.24, 2.45) is 28.6 Å². The molecule has 0 aromatic carbocycles. The molecule has 0 aromatic rings. The van der Waals surface area contributed by atoms with Gasteiger partial charge < -0.3 is 39.7 Å². The smallest absolute Gasteiger partial charge is 0.331 e. The summed E-state index contributed by atoms with van der Waals surface area (Å²) in [5, 5.41) is 55.1. The number of aliphatic hydroxyl groups is 5. The molecule has 1 saturated heterocycles. The number of carbonyl (C=O) groups is 1. The van der Waals surface area contributed by atoms with Crippen LogP contribution in [0.1, 0.15) is 78.6 Å². The topological polar surface area (TPSA) is 146 Å². The maximum atomic E-state index is 12.4. The first-order valence-electron chi connectivity index (χ1n) is 14.5. The Hall–Kier alpha value is -1.07. The van der Waals surface area contributed by atoms with E-state index in [0.29, 0.717) is 32.3 Å². The fourth-order valence-corrected chi connectivity index (χ4v) is 9.80. The van der Waals surface area contributed by atoms with Crippen molar-refractivity contribution >= 4 is 5.97 Å². The Bertz CT molecular complexity index is 1000. The summed E-state index contributed by atoms with van der Waals surface area (Å²) in [6, 6.07) is 0. The highest BCUT2D eigenvalue weighted by molar-refractivity contribution is 5.85. The lowest BCUT2D eigenvalue weighted by atomic mass is 9.42. The molecule has 13 atom stereocenters. The highest BCUT2D eigenvalue weighted by Crippen LogP contribution is 2.70. The van der Waals surface area contributed by atoms with E-state index >= 15 is 0 Å². The molecule has 2 heterocycles. The lowest BCUT2D eigenvalue weighted by Crippen LogP contribution is -2.67. The van der Waals surface area contributed by atoms with Crippen molar-refractivity contribution in [2.75, 3.05) is 6.61 Å². The lowest BCUT2D eigenvalue weighted by Gasteiger charge is -2.66. The molecule has 6 rings (SSSR count). The van der Waals surface area contributed by atoms with E-state index in [9.17, 15) is 30.3 Å². The third kappa shape index (κ3) is 3.65. The third-order valence-corrected chi connectivity index (χ3v) is 12.2. The minimum absolute atomic E-state index is 0.0774. The number of esters is 1. The fourth-order valence-electron chi connectivity index (χ4n) is 9.80.